The van der Waals surface area contributed by atoms with Gasteiger partial charge < -0.3 is 19.1 Å². The van der Waals surface area contributed by atoms with E-state index in [1.807, 2.05) is 48.5 Å². The zero-order valence-corrected chi connectivity index (χ0v) is 20.2. The molecule has 0 radical (unpaired) electrons. The average Bonchev–Trinajstić information content (AvgIpc) is 3.25. The molecule has 1 saturated heterocycles. The topological polar surface area (TPSA) is 85.4 Å². The van der Waals surface area contributed by atoms with Crippen molar-refractivity contribution in [2.45, 2.75) is 12.8 Å². The first-order valence-corrected chi connectivity index (χ1v) is 12.5. The van der Waals surface area contributed by atoms with Crippen LogP contribution in [0.2, 0.25) is 0 Å². The molecular formula is C27H24N2O6S. The van der Waals surface area contributed by atoms with Crippen LogP contribution in [0.25, 0.3) is 0 Å². The van der Waals surface area contributed by atoms with Crippen molar-refractivity contribution in [3.8, 4) is 11.5 Å². The SMILES string of the molecule is O=C1c2cc(OCc3ccccc3)ccc2OCN1CCOC(c1ccccc1)N1C(=O)CSC1=O. The van der Waals surface area contributed by atoms with E-state index in [9.17, 15) is 14.4 Å². The lowest BCUT2D eigenvalue weighted by molar-refractivity contribution is -0.136. The molecular weight excluding hydrogens is 480 g/mol. The number of ether oxygens (including phenoxy) is 3. The van der Waals surface area contributed by atoms with Gasteiger partial charge >= 0.3 is 0 Å². The van der Waals surface area contributed by atoms with Gasteiger partial charge in [-0.1, -0.05) is 72.4 Å². The molecule has 2 aliphatic heterocycles. The Hall–Kier alpha value is -3.82. The summed E-state index contributed by atoms with van der Waals surface area (Å²) in [5.74, 6) is 0.658. The van der Waals surface area contributed by atoms with Crippen molar-refractivity contribution in [2.75, 3.05) is 25.6 Å². The van der Waals surface area contributed by atoms with Gasteiger partial charge in [0.2, 0.25) is 5.91 Å². The molecule has 2 aliphatic rings. The van der Waals surface area contributed by atoms with Gasteiger partial charge in [0.25, 0.3) is 11.1 Å². The number of carbonyl (C=O) groups excluding carboxylic acids is 3. The number of rotatable bonds is 9. The summed E-state index contributed by atoms with van der Waals surface area (Å²) in [6.07, 6.45) is -0.854. The van der Waals surface area contributed by atoms with E-state index >= 15 is 0 Å². The summed E-state index contributed by atoms with van der Waals surface area (Å²) in [6, 6.07) is 24.1. The molecule has 3 amide bonds. The maximum Gasteiger partial charge on any atom is 0.291 e. The molecule has 9 heteroatoms. The summed E-state index contributed by atoms with van der Waals surface area (Å²) in [6.45, 7) is 0.794. The van der Waals surface area contributed by atoms with Crippen LogP contribution < -0.4 is 9.47 Å². The average molecular weight is 505 g/mol. The van der Waals surface area contributed by atoms with Crippen LogP contribution in [0.4, 0.5) is 4.79 Å². The van der Waals surface area contributed by atoms with Crippen LogP contribution in [0, 0.1) is 0 Å². The number of thioether (sulfide) groups is 1. The molecule has 0 aliphatic carbocycles. The van der Waals surface area contributed by atoms with Gasteiger partial charge in [-0.05, 0) is 23.8 Å². The largest absolute Gasteiger partial charge is 0.489 e. The third kappa shape index (κ3) is 5.22. The normalized spacial score (nSPS) is 16.1. The minimum absolute atomic E-state index is 0.0762. The maximum atomic E-state index is 13.2. The first-order chi connectivity index (χ1) is 17.6. The number of nitrogens with zero attached hydrogens (tertiary/aromatic N) is 2. The lowest BCUT2D eigenvalue weighted by Crippen LogP contribution is -2.42. The Morgan fingerprint density at radius 2 is 1.69 bits per heavy atom. The van der Waals surface area contributed by atoms with Crippen LogP contribution in [0.3, 0.4) is 0 Å². The lowest BCUT2D eigenvalue weighted by Gasteiger charge is -2.30. The van der Waals surface area contributed by atoms with Gasteiger partial charge in [0.1, 0.15) is 18.1 Å². The molecule has 0 saturated carbocycles. The van der Waals surface area contributed by atoms with E-state index in [0.717, 1.165) is 22.2 Å². The van der Waals surface area contributed by atoms with Crippen LogP contribution >= 0.6 is 11.8 Å². The second-order valence-electron chi connectivity index (χ2n) is 8.23. The van der Waals surface area contributed by atoms with E-state index < -0.39 is 6.23 Å². The summed E-state index contributed by atoms with van der Waals surface area (Å²) >= 11 is 0.956. The Bertz CT molecular complexity index is 1240. The molecule has 0 N–H and O–H groups in total. The van der Waals surface area contributed by atoms with Crippen molar-refractivity contribution in [3.63, 3.8) is 0 Å². The first kappa shape index (κ1) is 23.9. The minimum Gasteiger partial charge on any atom is -0.489 e. The molecule has 5 rings (SSSR count). The van der Waals surface area contributed by atoms with E-state index in [1.165, 1.54) is 4.90 Å². The summed E-state index contributed by atoms with van der Waals surface area (Å²) < 4.78 is 17.6. The molecule has 1 fully saturated rings. The van der Waals surface area contributed by atoms with Gasteiger partial charge in [-0.25, -0.2) is 4.90 Å². The number of benzene rings is 3. The molecule has 8 nitrogen and oxygen atoms in total. The third-order valence-electron chi connectivity index (χ3n) is 5.83. The molecule has 2 heterocycles. The number of hydrogen-bond acceptors (Lipinski definition) is 7. The van der Waals surface area contributed by atoms with Gasteiger partial charge in [-0.15, -0.1) is 0 Å². The molecule has 0 spiro atoms. The van der Waals surface area contributed by atoms with Crippen LogP contribution in [-0.4, -0.2) is 52.5 Å². The standard InChI is InChI=1S/C27H24N2O6S/c30-24-17-36-27(32)29(24)26(20-9-5-2-6-10-20)33-14-13-28-18-35-23-12-11-21(15-22(23)25(28)31)34-16-19-7-3-1-4-8-19/h1-12,15,26H,13-14,16-18H2. The maximum absolute atomic E-state index is 13.2. The number of fused-ring (bicyclic) bond motifs is 1. The fraction of sp³-hybridized carbons (Fsp3) is 0.222. The first-order valence-electron chi connectivity index (χ1n) is 11.5. The summed E-state index contributed by atoms with van der Waals surface area (Å²) in [5, 5.41) is -0.344. The quantitative estimate of drug-likeness (QED) is 0.425. The number of amides is 3. The number of carbonyl (C=O) groups is 3. The number of hydrogen-bond donors (Lipinski definition) is 0. The van der Waals surface area contributed by atoms with Crippen molar-refractivity contribution in [2.24, 2.45) is 0 Å². The second-order valence-corrected chi connectivity index (χ2v) is 9.15. The lowest BCUT2D eigenvalue weighted by atomic mass is 10.1. The highest BCUT2D eigenvalue weighted by atomic mass is 32.2. The Morgan fingerprint density at radius 3 is 2.42 bits per heavy atom. The van der Waals surface area contributed by atoms with Gasteiger partial charge in [0.15, 0.2) is 13.0 Å². The number of imide groups is 1. The molecule has 1 unspecified atom stereocenters. The van der Waals surface area contributed by atoms with Gasteiger partial charge in [-0.2, -0.15) is 0 Å². The smallest absolute Gasteiger partial charge is 0.291 e. The van der Waals surface area contributed by atoms with Gasteiger partial charge in [0.05, 0.1) is 17.9 Å². The van der Waals surface area contributed by atoms with Crippen LogP contribution in [-0.2, 0) is 16.1 Å². The molecule has 184 valence electrons. The fourth-order valence-corrected chi connectivity index (χ4v) is 4.70. The highest BCUT2D eigenvalue weighted by molar-refractivity contribution is 8.14. The summed E-state index contributed by atoms with van der Waals surface area (Å²) in [4.78, 5) is 40.5. The van der Waals surface area contributed by atoms with Crippen molar-refractivity contribution >= 4 is 28.8 Å². The van der Waals surface area contributed by atoms with Gasteiger partial charge in [0, 0.05) is 12.1 Å². The zero-order valence-electron chi connectivity index (χ0n) is 19.4. The second kappa shape index (κ2) is 10.8. The van der Waals surface area contributed by atoms with E-state index in [1.54, 1.807) is 30.3 Å². The van der Waals surface area contributed by atoms with Crippen molar-refractivity contribution in [3.05, 3.63) is 95.6 Å². The predicted molar refractivity (Wildman–Crippen MR) is 134 cm³/mol. The predicted octanol–water partition coefficient (Wildman–Crippen LogP) is 4.47. The van der Waals surface area contributed by atoms with Crippen LogP contribution in [0.5, 0.6) is 11.5 Å². The van der Waals surface area contributed by atoms with Crippen molar-refractivity contribution < 1.29 is 28.6 Å². The van der Waals surface area contributed by atoms with E-state index in [-0.39, 0.29) is 42.7 Å². The Labute approximate surface area is 212 Å². The molecule has 3 aromatic rings. The zero-order chi connectivity index (χ0) is 24.9. The Kier molecular flexibility index (Phi) is 7.20. The fourth-order valence-electron chi connectivity index (χ4n) is 3.98. The van der Waals surface area contributed by atoms with Gasteiger partial charge in [-0.3, -0.25) is 14.4 Å². The van der Waals surface area contributed by atoms with Crippen LogP contribution in [0.15, 0.2) is 78.9 Å². The monoisotopic (exact) mass is 504 g/mol. The summed E-state index contributed by atoms with van der Waals surface area (Å²) in [7, 11) is 0. The van der Waals surface area contributed by atoms with Crippen LogP contribution in [0.1, 0.15) is 27.7 Å². The highest BCUT2D eigenvalue weighted by Crippen LogP contribution is 2.32. The third-order valence-corrected chi connectivity index (χ3v) is 6.67. The molecule has 3 aromatic carbocycles. The van der Waals surface area contributed by atoms with Crippen molar-refractivity contribution in [1.82, 2.24) is 9.80 Å². The minimum atomic E-state index is -0.854. The summed E-state index contributed by atoms with van der Waals surface area (Å²) in [5.41, 5.74) is 2.12. The Balaban J connectivity index is 1.23. The van der Waals surface area contributed by atoms with E-state index in [0.29, 0.717) is 29.2 Å². The molecule has 0 bridgehead atoms. The van der Waals surface area contributed by atoms with Crippen molar-refractivity contribution in [1.29, 1.82) is 0 Å². The Morgan fingerprint density at radius 1 is 0.944 bits per heavy atom. The molecule has 0 aromatic heterocycles. The van der Waals surface area contributed by atoms with E-state index in [2.05, 4.69) is 0 Å². The van der Waals surface area contributed by atoms with E-state index in [4.69, 9.17) is 14.2 Å². The molecule has 1 atom stereocenters. The molecule has 36 heavy (non-hydrogen) atoms. The highest BCUT2D eigenvalue weighted by Gasteiger charge is 2.37.